The third-order valence-electron chi connectivity index (χ3n) is 4.62. The molecule has 128 valence electrons. The van der Waals surface area contributed by atoms with Gasteiger partial charge in [0.2, 0.25) is 11.8 Å². The molecule has 0 aromatic heterocycles. The normalized spacial score (nSPS) is 29.0. The number of likely N-dealkylation sites (tertiary alicyclic amines) is 1. The van der Waals surface area contributed by atoms with Crippen molar-refractivity contribution < 1.29 is 24.3 Å². The number of carbonyl (C=O) groups is 4. The second-order valence-electron chi connectivity index (χ2n) is 6.04. The minimum atomic E-state index is -1.20. The number of urea groups is 1. The highest BCUT2D eigenvalue weighted by Crippen LogP contribution is 2.46. The van der Waals surface area contributed by atoms with Crippen LogP contribution in [0.3, 0.4) is 0 Å². The van der Waals surface area contributed by atoms with Gasteiger partial charge in [-0.1, -0.05) is 13.3 Å². The summed E-state index contributed by atoms with van der Waals surface area (Å²) in [5, 5.41) is 14.2. The first-order valence-electron chi connectivity index (χ1n) is 7.70. The number of primary amides is 1. The smallest absolute Gasteiger partial charge is 0.329 e. The van der Waals surface area contributed by atoms with E-state index in [9.17, 15) is 24.3 Å². The van der Waals surface area contributed by atoms with E-state index in [0.717, 1.165) is 0 Å². The van der Waals surface area contributed by atoms with Crippen LogP contribution in [0, 0.1) is 5.92 Å². The summed E-state index contributed by atoms with van der Waals surface area (Å²) >= 11 is 0. The highest BCUT2D eigenvalue weighted by atomic mass is 16.4. The summed E-state index contributed by atoms with van der Waals surface area (Å²) in [5.41, 5.74) is 3.72. The van der Waals surface area contributed by atoms with E-state index < -0.39 is 35.4 Å². The third kappa shape index (κ3) is 3.38. The molecule has 9 nitrogen and oxygen atoms in total. The molecule has 23 heavy (non-hydrogen) atoms. The topological polar surface area (TPSA) is 142 Å². The van der Waals surface area contributed by atoms with E-state index in [1.807, 2.05) is 6.92 Å². The number of carboxylic acids is 1. The molecular formula is C14H22N4O5. The van der Waals surface area contributed by atoms with Gasteiger partial charge in [0.1, 0.15) is 11.6 Å². The molecule has 0 spiro atoms. The van der Waals surface area contributed by atoms with Gasteiger partial charge in [-0.25, -0.2) is 9.59 Å². The van der Waals surface area contributed by atoms with Gasteiger partial charge in [0.25, 0.3) is 0 Å². The number of rotatable bonds is 6. The number of hydrogen-bond donors (Lipinski definition) is 4. The van der Waals surface area contributed by atoms with Crippen LogP contribution in [0.1, 0.15) is 32.6 Å². The Bertz CT molecular complexity index is 537. The first kappa shape index (κ1) is 17.0. The van der Waals surface area contributed by atoms with Crippen LogP contribution in [0.2, 0.25) is 0 Å². The molecule has 2 rings (SSSR count). The largest absolute Gasteiger partial charge is 0.479 e. The van der Waals surface area contributed by atoms with Crippen molar-refractivity contribution in [3.63, 3.8) is 0 Å². The molecule has 4 amide bonds. The molecule has 1 heterocycles. The molecule has 0 aromatic carbocycles. The number of carboxylic acid groups (broad SMARTS) is 1. The van der Waals surface area contributed by atoms with Crippen molar-refractivity contribution in [2.45, 2.75) is 44.2 Å². The summed E-state index contributed by atoms with van der Waals surface area (Å²) in [6, 6.07) is -1.52. The highest BCUT2D eigenvalue weighted by Gasteiger charge is 2.61. The Morgan fingerprint density at radius 1 is 1.35 bits per heavy atom. The highest BCUT2D eigenvalue weighted by molar-refractivity contribution is 5.95. The Morgan fingerprint density at radius 2 is 2.04 bits per heavy atom. The molecule has 1 unspecified atom stereocenters. The van der Waals surface area contributed by atoms with E-state index in [-0.39, 0.29) is 12.5 Å². The van der Waals surface area contributed by atoms with Crippen molar-refractivity contribution in [3.05, 3.63) is 0 Å². The van der Waals surface area contributed by atoms with Crippen LogP contribution in [-0.4, -0.2) is 58.5 Å². The number of nitrogens with two attached hydrogens (primary N) is 1. The SMILES string of the molecule is CCC1C[C@]1(NC(=O)[C@@H]1CCCN1C(=O)CNC(N)=O)C(=O)O. The molecule has 3 atom stereocenters. The van der Waals surface area contributed by atoms with Gasteiger partial charge in [0, 0.05) is 6.54 Å². The fourth-order valence-electron chi connectivity index (χ4n) is 3.20. The van der Waals surface area contributed by atoms with Crippen molar-refractivity contribution in [2.24, 2.45) is 11.7 Å². The standard InChI is InChI=1S/C14H22N4O5/c1-2-8-6-14(8,12(21)22)17-11(20)9-4-3-5-18(9)10(19)7-16-13(15)23/h8-9H,2-7H2,1H3,(H,17,20)(H,21,22)(H3,15,16,23)/t8?,9-,14+/m0/s1. The zero-order valence-corrected chi connectivity index (χ0v) is 13.0. The van der Waals surface area contributed by atoms with Gasteiger partial charge >= 0.3 is 12.0 Å². The molecule has 1 saturated carbocycles. The third-order valence-corrected chi connectivity index (χ3v) is 4.62. The van der Waals surface area contributed by atoms with Gasteiger partial charge in [-0.15, -0.1) is 0 Å². The maximum atomic E-state index is 12.4. The van der Waals surface area contributed by atoms with E-state index in [4.69, 9.17) is 5.73 Å². The molecule has 1 aliphatic heterocycles. The fraction of sp³-hybridized carbons (Fsp3) is 0.714. The molecular weight excluding hydrogens is 304 g/mol. The lowest BCUT2D eigenvalue weighted by Crippen LogP contribution is -2.54. The number of carbonyl (C=O) groups excluding carboxylic acids is 3. The summed E-state index contributed by atoms with van der Waals surface area (Å²) in [7, 11) is 0. The minimum absolute atomic E-state index is 0.0777. The van der Waals surface area contributed by atoms with Crippen LogP contribution in [0.25, 0.3) is 0 Å². The van der Waals surface area contributed by atoms with Gasteiger partial charge in [-0.05, 0) is 25.2 Å². The minimum Gasteiger partial charge on any atom is -0.479 e. The summed E-state index contributed by atoms with van der Waals surface area (Å²) in [5.74, 6) is -1.98. The lowest BCUT2D eigenvalue weighted by atomic mass is 10.1. The number of nitrogens with zero attached hydrogens (tertiary/aromatic N) is 1. The molecule has 2 aliphatic rings. The second-order valence-corrected chi connectivity index (χ2v) is 6.04. The predicted molar refractivity (Wildman–Crippen MR) is 79.2 cm³/mol. The Hall–Kier alpha value is -2.32. The van der Waals surface area contributed by atoms with Crippen LogP contribution < -0.4 is 16.4 Å². The maximum Gasteiger partial charge on any atom is 0.329 e. The van der Waals surface area contributed by atoms with Crippen LogP contribution in [0.15, 0.2) is 0 Å². The van der Waals surface area contributed by atoms with E-state index in [1.165, 1.54) is 4.90 Å². The number of aliphatic carboxylic acids is 1. The molecule has 0 aromatic rings. The van der Waals surface area contributed by atoms with Crippen LogP contribution in [0.5, 0.6) is 0 Å². The molecule has 0 bridgehead atoms. The Labute approximate surface area is 133 Å². The van der Waals surface area contributed by atoms with Gasteiger partial charge < -0.3 is 26.4 Å². The van der Waals surface area contributed by atoms with Crippen LogP contribution in [0.4, 0.5) is 4.79 Å². The molecule has 9 heteroatoms. The zero-order chi connectivity index (χ0) is 17.2. The van der Waals surface area contributed by atoms with Crippen molar-refractivity contribution in [2.75, 3.05) is 13.1 Å². The Balaban J connectivity index is 1.99. The quantitative estimate of drug-likeness (QED) is 0.496. The molecule has 1 aliphatic carbocycles. The van der Waals surface area contributed by atoms with Crippen molar-refractivity contribution >= 4 is 23.8 Å². The van der Waals surface area contributed by atoms with Gasteiger partial charge in [-0.2, -0.15) is 0 Å². The lowest BCUT2D eigenvalue weighted by molar-refractivity contribution is -0.145. The van der Waals surface area contributed by atoms with Gasteiger partial charge in [0.15, 0.2) is 0 Å². The monoisotopic (exact) mass is 326 g/mol. The molecule has 1 saturated heterocycles. The van der Waals surface area contributed by atoms with Crippen molar-refractivity contribution in [1.82, 2.24) is 15.5 Å². The zero-order valence-electron chi connectivity index (χ0n) is 13.0. The van der Waals surface area contributed by atoms with Gasteiger partial charge in [0.05, 0.1) is 6.54 Å². The van der Waals surface area contributed by atoms with Crippen LogP contribution >= 0.6 is 0 Å². The van der Waals surface area contributed by atoms with Gasteiger partial charge in [-0.3, -0.25) is 9.59 Å². The number of nitrogens with one attached hydrogen (secondary N) is 2. The Morgan fingerprint density at radius 3 is 2.57 bits per heavy atom. The van der Waals surface area contributed by atoms with E-state index >= 15 is 0 Å². The summed E-state index contributed by atoms with van der Waals surface area (Å²) < 4.78 is 0. The Kier molecular flexibility index (Phi) is 4.76. The predicted octanol–water partition coefficient (Wildman–Crippen LogP) is -0.985. The molecule has 5 N–H and O–H groups in total. The number of amides is 4. The maximum absolute atomic E-state index is 12.4. The summed E-state index contributed by atoms with van der Waals surface area (Å²) in [6.45, 7) is 2.00. The van der Waals surface area contributed by atoms with E-state index in [0.29, 0.717) is 32.2 Å². The fourth-order valence-corrected chi connectivity index (χ4v) is 3.20. The van der Waals surface area contributed by atoms with Crippen molar-refractivity contribution in [3.8, 4) is 0 Å². The molecule has 2 fully saturated rings. The first-order valence-corrected chi connectivity index (χ1v) is 7.70. The lowest BCUT2D eigenvalue weighted by Gasteiger charge is -2.26. The first-order chi connectivity index (χ1) is 10.8. The van der Waals surface area contributed by atoms with Crippen LogP contribution in [-0.2, 0) is 14.4 Å². The summed E-state index contributed by atoms with van der Waals surface area (Å²) in [4.78, 5) is 48.0. The average molecular weight is 326 g/mol. The van der Waals surface area contributed by atoms with E-state index in [1.54, 1.807) is 0 Å². The summed E-state index contributed by atoms with van der Waals surface area (Å²) in [6.07, 6.45) is 2.20. The van der Waals surface area contributed by atoms with Crippen molar-refractivity contribution in [1.29, 1.82) is 0 Å². The van der Waals surface area contributed by atoms with E-state index in [2.05, 4.69) is 10.6 Å². The average Bonchev–Trinajstić information content (AvgIpc) is 2.99. The molecule has 0 radical (unpaired) electrons. The number of hydrogen-bond acceptors (Lipinski definition) is 4. The second kappa shape index (κ2) is 6.43.